The average Bonchev–Trinajstić information content (AvgIpc) is 2.99. The summed E-state index contributed by atoms with van der Waals surface area (Å²) in [5.74, 6) is 0. The summed E-state index contributed by atoms with van der Waals surface area (Å²) in [4.78, 5) is 0.957. The van der Waals surface area contributed by atoms with E-state index >= 15 is 0 Å². The minimum absolute atomic E-state index is 0.0848. The van der Waals surface area contributed by atoms with Crippen LogP contribution >= 0.6 is 27.3 Å². The maximum Gasteiger partial charge on any atom is 0.261 e. The second-order valence-corrected chi connectivity index (χ2v) is 8.87. The highest BCUT2D eigenvalue weighted by Gasteiger charge is 2.21. The number of nitrogens with one attached hydrogen (secondary N) is 1. The first-order valence-electron chi connectivity index (χ1n) is 7.20. The van der Waals surface area contributed by atoms with Crippen LogP contribution in [0.2, 0.25) is 0 Å². The summed E-state index contributed by atoms with van der Waals surface area (Å²) in [6.07, 6.45) is -1.77. The van der Waals surface area contributed by atoms with Gasteiger partial charge in [0, 0.05) is 9.35 Å². The Kier molecular flexibility index (Phi) is 5.26. The van der Waals surface area contributed by atoms with E-state index < -0.39 is 16.3 Å². The molecule has 0 aliphatic carbocycles. The van der Waals surface area contributed by atoms with Crippen molar-refractivity contribution in [3.8, 4) is 10.4 Å². The lowest BCUT2D eigenvalue weighted by Crippen LogP contribution is -2.14. The molecular weight excluding hydrogens is 426 g/mol. The number of benzene rings is 2. The van der Waals surface area contributed by atoms with E-state index in [1.165, 1.54) is 12.1 Å². The molecule has 3 N–H and O–H groups in total. The molecule has 130 valence electrons. The van der Waals surface area contributed by atoms with Gasteiger partial charge in [-0.1, -0.05) is 46.3 Å². The summed E-state index contributed by atoms with van der Waals surface area (Å²) in [6.45, 7) is 0. The van der Waals surface area contributed by atoms with E-state index in [9.17, 15) is 18.6 Å². The summed E-state index contributed by atoms with van der Waals surface area (Å²) in [5, 5.41) is 19.2. The van der Waals surface area contributed by atoms with Crippen LogP contribution in [0.5, 0.6) is 0 Å². The van der Waals surface area contributed by atoms with Crippen LogP contribution < -0.4 is 4.72 Å². The van der Waals surface area contributed by atoms with Gasteiger partial charge in [0.2, 0.25) is 0 Å². The van der Waals surface area contributed by atoms with Crippen molar-refractivity contribution in [1.82, 2.24) is 0 Å². The van der Waals surface area contributed by atoms with Gasteiger partial charge < -0.3 is 10.2 Å². The number of aliphatic hydroxyl groups is 2. The van der Waals surface area contributed by atoms with E-state index in [2.05, 4.69) is 20.7 Å². The number of anilines is 1. The number of thiophene rings is 1. The number of sulfonamides is 1. The second kappa shape index (κ2) is 7.27. The van der Waals surface area contributed by atoms with Gasteiger partial charge in [-0.2, -0.15) is 0 Å². The zero-order valence-corrected chi connectivity index (χ0v) is 16.0. The highest BCUT2D eigenvalue weighted by Crippen LogP contribution is 2.38. The zero-order valence-electron chi connectivity index (χ0n) is 12.8. The fourth-order valence-corrected chi connectivity index (χ4v) is 4.63. The van der Waals surface area contributed by atoms with Gasteiger partial charge in [0.25, 0.3) is 10.0 Å². The maximum atomic E-state index is 12.5. The molecule has 0 radical (unpaired) electrons. The van der Waals surface area contributed by atoms with Crippen LogP contribution in [-0.2, 0) is 10.0 Å². The molecule has 0 amide bonds. The SMILES string of the molecule is O=S(=O)(Nc1cc(-c2ccccc2)sc1C(O)O)c1ccc(Br)cc1. The van der Waals surface area contributed by atoms with Crippen molar-refractivity contribution >= 4 is 43.0 Å². The molecule has 1 aromatic heterocycles. The van der Waals surface area contributed by atoms with Crippen LogP contribution in [-0.4, -0.2) is 18.6 Å². The largest absolute Gasteiger partial charge is 0.364 e. The topological polar surface area (TPSA) is 86.6 Å². The Morgan fingerprint density at radius 3 is 2.24 bits per heavy atom. The Morgan fingerprint density at radius 1 is 1.00 bits per heavy atom. The van der Waals surface area contributed by atoms with E-state index in [1.54, 1.807) is 18.2 Å². The third-order valence-corrected chi connectivity index (χ3v) is 6.56. The summed E-state index contributed by atoms with van der Waals surface area (Å²) in [6, 6.07) is 17.1. The average molecular weight is 440 g/mol. The first kappa shape index (κ1) is 18.1. The van der Waals surface area contributed by atoms with Crippen molar-refractivity contribution in [2.24, 2.45) is 0 Å². The molecule has 25 heavy (non-hydrogen) atoms. The van der Waals surface area contributed by atoms with Gasteiger partial charge in [0.15, 0.2) is 6.29 Å². The predicted octanol–water partition coefficient (Wildman–Crippen LogP) is 3.96. The van der Waals surface area contributed by atoms with Gasteiger partial charge in [-0.15, -0.1) is 11.3 Å². The maximum absolute atomic E-state index is 12.5. The van der Waals surface area contributed by atoms with Crippen LogP contribution in [0.1, 0.15) is 11.2 Å². The molecule has 0 fully saturated rings. The van der Waals surface area contributed by atoms with Crippen molar-refractivity contribution in [3.05, 3.63) is 70.0 Å². The Hall–Kier alpha value is -1.71. The Morgan fingerprint density at radius 2 is 1.64 bits per heavy atom. The molecule has 0 saturated heterocycles. The van der Waals surface area contributed by atoms with Gasteiger partial charge in [0.1, 0.15) is 0 Å². The quantitative estimate of drug-likeness (QED) is 0.525. The number of hydrogen-bond acceptors (Lipinski definition) is 5. The molecule has 0 aliphatic rings. The lowest BCUT2D eigenvalue weighted by molar-refractivity contribution is -0.0389. The molecular formula is C17H14BrNO4S2. The van der Waals surface area contributed by atoms with Crippen LogP contribution in [0.3, 0.4) is 0 Å². The molecule has 0 spiro atoms. The fraction of sp³-hybridized carbons (Fsp3) is 0.0588. The monoisotopic (exact) mass is 439 g/mol. The van der Waals surface area contributed by atoms with Crippen LogP contribution in [0.4, 0.5) is 5.69 Å². The van der Waals surface area contributed by atoms with Gasteiger partial charge in [-0.05, 0) is 35.9 Å². The molecule has 8 heteroatoms. The molecule has 2 aromatic carbocycles. The molecule has 3 rings (SSSR count). The van der Waals surface area contributed by atoms with Crippen molar-refractivity contribution in [3.63, 3.8) is 0 Å². The van der Waals surface area contributed by atoms with E-state index in [0.717, 1.165) is 26.3 Å². The Balaban J connectivity index is 1.99. The summed E-state index contributed by atoms with van der Waals surface area (Å²) in [7, 11) is -3.84. The fourth-order valence-electron chi connectivity index (χ4n) is 2.24. The first-order chi connectivity index (χ1) is 11.9. The van der Waals surface area contributed by atoms with E-state index in [0.29, 0.717) is 0 Å². The lowest BCUT2D eigenvalue weighted by Gasteiger charge is -2.09. The normalized spacial score (nSPS) is 11.7. The third kappa shape index (κ3) is 4.10. The predicted molar refractivity (Wildman–Crippen MR) is 102 cm³/mol. The van der Waals surface area contributed by atoms with Crippen molar-refractivity contribution in [2.45, 2.75) is 11.2 Å². The first-order valence-corrected chi connectivity index (χ1v) is 10.3. The standard InChI is InChI=1S/C17H14BrNO4S2/c18-12-6-8-13(9-7-12)25(22,23)19-14-10-15(24-16(14)17(20)21)11-4-2-1-3-5-11/h1-10,17,19-21H. The Bertz CT molecular complexity index is 968. The van der Waals surface area contributed by atoms with Crippen molar-refractivity contribution < 1.29 is 18.6 Å². The molecule has 0 aliphatic heterocycles. The molecule has 0 atom stereocenters. The van der Waals surface area contributed by atoms with Crippen LogP contribution in [0.25, 0.3) is 10.4 Å². The van der Waals surface area contributed by atoms with Crippen molar-refractivity contribution in [1.29, 1.82) is 0 Å². The molecule has 3 aromatic rings. The van der Waals surface area contributed by atoms with E-state index in [1.807, 2.05) is 30.3 Å². The minimum atomic E-state index is -3.84. The van der Waals surface area contributed by atoms with Gasteiger partial charge in [0.05, 0.1) is 15.5 Å². The zero-order chi connectivity index (χ0) is 18.0. The highest BCUT2D eigenvalue weighted by molar-refractivity contribution is 9.10. The second-order valence-electron chi connectivity index (χ2n) is 5.19. The number of hydrogen-bond donors (Lipinski definition) is 3. The summed E-state index contributed by atoms with van der Waals surface area (Å²) in [5.41, 5.74) is 1.02. The molecule has 1 heterocycles. The number of halogens is 1. The van der Waals surface area contributed by atoms with E-state index in [-0.39, 0.29) is 15.5 Å². The highest BCUT2D eigenvalue weighted by atomic mass is 79.9. The summed E-state index contributed by atoms with van der Waals surface area (Å²) >= 11 is 4.38. The molecule has 0 saturated carbocycles. The van der Waals surface area contributed by atoms with Gasteiger partial charge in [-0.25, -0.2) is 8.42 Å². The van der Waals surface area contributed by atoms with Gasteiger partial charge >= 0.3 is 0 Å². The van der Waals surface area contributed by atoms with Crippen LogP contribution in [0.15, 0.2) is 70.0 Å². The number of rotatable bonds is 5. The smallest absolute Gasteiger partial charge is 0.261 e. The molecule has 5 nitrogen and oxygen atoms in total. The Labute approximate surface area is 157 Å². The lowest BCUT2D eigenvalue weighted by atomic mass is 10.2. The van der Waals surface area contributed by atoms with Crippen molar-refractivity contribution in [2.75, 3.05) is 4.72 Å². The minimum Gasteiger partial charge on any atom is -0.364 e. The van der Waals surface area contributed by atoms with Crippen LogP contribution in [0, 0.1) is 0 Å². The third-order valence-electron chi connectivity index (χ3n) is 3.42. The summed E-state index contributed by atoms with van der Waals surface area (Å²) < 4.78 is 28.3. The van der Waals surface area contributed by atoms with E-state index in [4.69, 9.17) is 0 Å². The molecule has 0 bridgehead atoms. The van der Waals surface area contributed by atoms with Gasteiger partial charge in [-0.3, -0.25) is 4.72 Å². The number of aliphatic hydroxyl groups excluding tert-OH is 1. The molecule has 0 unspecified atom stereocenters.